The summed E-state index contributed by atoms with van der Waals surface area (Å²) < 4.78 is 0. The van der Waals surface area contributed by atoms with Crippen molar-refractivity contribution < 1.29 is 0 Å². The predicted molar refractivity (Wildman–Crippen MR) is 43.7 cm³/mol. The second-order valence-electron chi connectivity index (χ2n) is 4.59. The highest BCUT2D eigenvalue weighted by molar-refractivity contribution is 4.96. The third-order valence-corrected chi connectivity index (χ3v) is 4.24. The molecule has 0 amide bonds. The Kier molecular flexibility index (Phi) is 1.33. The lowest BCUT2D eigenvalue weighted by Crippen LogP contribution is -2.46. The highest BCUT2D eigenvalue weighted by atomic mass is 14.5. The maximum absolute atomic E-state index is 2.45. The molecule has 3 rings (SSSR count). The van der Waals surface area contributed by atoms with Crippen molar-refractivity contribution in [1.29, 1.82) is 0 Å². The van der Waals surface area contributed by atoms with Gasteiger partial charge in [0.2, 0.25) is 0 Å². The van der Waals surface area contributed by atoms with Gasteiger partial charge in [-0.1, -0.05) is 20.8 Å². The molecule has 0 heterocycles. The Hall–Kier alpha value is 0. The van der Waals surface area contributed by atoms with Crippen molar-refractivity contribution in [3.8, 4) is 0 Å². The minimum atomic E-state index is 1.01. The third-order valence-electron chi connectivity index (χ3n) is 4.24. The predicted octanol–water partition coefficient (Wildman–Crippen LogP) is 2.93. The second kappa shape index (κ2) is 1.99. The zero-order valence-electron chi connectivity index (χ0n) is 7.30. The van der Waals surface area contributed by atoms with Crippen molar-refractivity contribution >= 4 is 0 Å². The standard InChI is InChI=1S/C10H18/c1-6-4-9-5-10(7(6)2)8(9)3/h6-10H,4-5H2,1-3H3/t6-,7?,8?,9?,10?/m1/s1. The lowest BCUT2D eigenvalue weighted by Gasteiger charge is -2.54. The van der Waals surface area contributed by atoms with Gasteiger partial charge in [-0.3, -0.25) is 0 Å². The Morgan fingerprint density at radius 1 is 0.900 bits per heavy atom. The first-order valence-electron chi connectivity index (χ1n) is 4.70. The van der Waals surface area contributed by atoms with Gasteiger partial charge in [0.25, 0.3) is 0 Å². The van der Waals surface area contributed by atoms with Gasteiger partial charge in [0.05, 0.1) is 0 Å². The number of hydrogen-bond donors (Lipinski definition) is 0. The van der Waals surface area contributed by atoms with Crippen LogP contribution in [0.5, 0.6) is 0 Å². The molecule has 0 nitrogen and oxygen atoms in total. The molecule has 3 aliphatic rings. The molecule has 0 aromatic rings. The van der Waals surface area contributed by atoms with Crippen LogP contribution in [0, 0.1) is 29.6 Å². The maximum Gasteiger partial charge on any atom is -0.0355 e. The molecule has 3 fully saturated rings. The van der Waals surface area contributed by atoms with E-state index in [2.05, 4.69) is 20.8 Å². The highest BCUT2D eigenvalue weighted by Crippen LogP contribution is 2.55. The van der Waals surface area contributed by atoms with Crippen LogP contribution in [-0.4, -0.2) is 0 Å². The van der Waals surface area contributed by atoms with Gasteiger partial charge < -0.3 is 0 Å². The van der Waals surface area contributed by atoms with Crippen LogP contribution < -0.4 is 0 Å². The SMILES string of the molecule is CC1C2CC1C(C)[C@H](C)C2. The van der Waals surface area contributed by atoms with Crippen LogP contribution in [0.15, 0.2) is 0 Å². The van der Waals surface area contributed by atoms with E-state index in [0.29, 0.717) is 0 Å². The first kappa shape index (κ1) is 6.69. The van der Waals surface area contributed by atoms with Crippen molar-refractivity contribution in [2.24, 2.45) is 29.6 Å². The highest BCUT2D eigenvalue weighted by Gasteiger charge is 2.47. The number of hydrogen-bond acceptors (Lipinski definition) is 0. The maximum atomic E-state index is 2.45. The van der Waals surface area contributed by atoms with Gasteiger partial charge in [0, 0.05) is 0 Å². The molecule has 0 N–H and O–H groups in total. The van der Waals surface area contributed by atoms with Gasteiger partial charge in [-0.15, -0.1) is 0 Å². The van der Waals surface area contributed by atoms with Crippen LogP contribution in [0.3, 0.4) is 0 Å². The summed E-state index contributed by atoms with van der Waals surface area (Å²) in [6.45, 7) is 7.32. The summed E-state index contributed by atoms with van der Waals surface area (Å²) in [6.07, 6.45) is 3.06. The molecule has 5 atom stereocenters. The van der Waals surface area contributed by atoms with E-state index in [1.807, 2.05) is 0 Å². The molecule has 3 saturated carbocycles. The molecular weight excluding hydrogens is 120 g/mol. The van der Waals surface area contributed by atoms with Crippen LogP contribution in [0.1, 0.15) is 33.6 Å². The molecule has 0 spiro atoms. The number of fused-ring (bicyclic) bond motifs is 2. The normalized spacial score (nSPS) is 59.7. The van der Waals surface area contributed by atoms with Crippen LogP contribution >= 0.6 is 0 Å². The van der Waals surface area contributed by atoms with E-state index in [4.69, 9.17) is 0 Å². The van der Waals surface area contributed by atoms with Gasteiger partial charge in [-0.2, -0.15) is 0 Å². The Bertz CT molecular complexity index is 135. The van der Waals surface area contributed by atoms with Gasteiger partial charge in [-0.25, -0.2) is 0 Å². The van der Waals surface area contributed by atoms with E-state index >= 15 is 0 Å². The van der Waals surface area contributed by atoms with E-state index < -0.39 is 0 Å². The fourth-order valence-electron chi connectivity index (χ4n) is 3.05. The first-order chi connectivity index (χ1) is 4.70. The lowest BCUT2D eigenvalue weighted by atomic mass is 9.51. The van der Waals surface area contributed by atoms with Gasteiger partial charge in [-0.05, 0) is 42.4 Å². The summed E-state index contributed by atoms with van der Waals surface area (Å²) in [5.41, 5.74) is 0. The minimum Gasteiger partial charge on any atom is -0.0622 e. The van der Waals surface area contributed by atoms with Crippen LogP contribution in [0.2, 0.25) is 0 Å². The van der Waals surface area contributed by atoms with Crippen molar-refractivity contribution in [3.05, 3.63) is 0 Å². The average molecular weight is 138 g/mol. The topological polar surface area (TPSA) is 0 Å². The third kappa shape index (κ3) is 0.681. The van der Waals surface area contributed by atoms with Gasteiger partial charge >= 0.3 is 0 Å². The van der Waals surface area contributed by atoms with Crippen LogP contribution in [-0.2, 0) is 0 Å². The molecule has 0 radical (unpaired) electrons. The average Bonchev–Trinajstić information content (AvgIpc) is 1.92. The molecule has 0 saturated heterocycles. The number of rotatable bonds is 0. The van der Waals surface area contributed by atoms with Crippen molar-refractivity contribution in [2.45, 2.75) is 33.6 Å². The quantitative estimate of drug-likeness (QED) is 0.483. The molecule has 58 valence electrons. The van der Waals surface area contributed by atoms with Gasteiger partial charge in [0.15, 0.2) is 0 Å². The first-order valence-corrected chi connectivity index (χ1v) is 4.70. The summed E-state index contributed by atoms with van der Waals surface area (Å²) in [5.74, 6) is 5.29. The molecule has 3 aliphatic carbocycles. The largest absolute Gasteiger partial charge is 0.0622 e. The molecule has 0 aliphatic heterocycles. The Labute approximate surface area is 64.0 Å². The van der Waals surface area contributed by atoms with Crippen molar-refractivity contribution in [3.63, 3.8) is 0 Å². The van der Waals surface area contributed by atoms with Crippen molar-refractivity contribution in [1.82, 2.24) is 0 Å². The van der Waals surface area contributed by atoms with E-state index in [1.54, 1.807) is 6.42 Å². The molecule has 10 heavy (non-hydrogen) atoms. The zero-order chi connectivity index (χ0) is 7.30. The fourth-order valence-corrected chi connectivity index (χ4v) is 3.05. The Balaban J connectivity index is 2.08. The summed E-state index contributed by atoms with van der Waals surface area (Å²) >= 11 is 0. The molecular formula is C10H18. The van der Waals surface area contributed by atoms with E-state index in [-0.39, 0.29) is 0 Å². The van der Waals surface area contributed by atoms with Crippen LogP contribution in [0.4, 0.5) is 0 Å². The molecule has 2 bridgehead atoms. The van der Waals surface area contributed by atoms with Crippen LogP contribution in [0.25, 0.3) is 0 Å². The van der Waals surface area contributed by atoms with E-state index in [0.717, 1.165) is 29.6 Å². The molecule has 0 aromatic heterocycles. The Morgan fingerprint density at radius 2 is 1.60 bits per heavy atom. The second-order valence-corrected chi connectivity index (χ2v) is 4.59. The van der Waals surface area contributed by atoms with E-state index in [1.165, 1.54) is 6.42 Å². The summed E-state index contributed by atoms with van der Waals surface area (Å²) in [5, 5.41) is 0. The van der Waals surface area contributed by atoms with Crippen molar-refractivity contribution in [2.75, 3.05) is 0 Å². The summed E-state index contributed by atoms with van der Waals surface area (Å²) in [4.78, 5) is 0. The molecule has 0 aromatic carbocycles. The Morgan fingerprint density at radius 3 is 2.00 bits per heavy atom. The zero-order valence-corrected chi connectivity index (χ0v) is 7.30. The minimum absolute atomic E-state index is 1.01. The molecule has 4 unspecified atom stereocenters. The summed E-state index contributed by atoms with van der Waals surface area (Å²) in [7, 11) is 0. The summed E-state index contributed by atoms with van der Waals surface area (Å²) in [6, 6.07) is 0. The smallest absolute Gasteiger partial charge is 0.0355 e. The lowest BCUT2D eigenvalue weighted by molar-refractivity contribution is -0.0500. The van der Waals surface area contributed by atoms with E-state index in [9.17, 15) is 0 Å². The monoisotopic (exact) mass is 138 g/mol. The van der Waals surface area contributed by atoms with Gasteiger partial charge in [0.1, 0.15) is 0 Å². The molecule has 0 heteroatoms. The fraction of sp³-hybridized carbons (Fsp3) is 1.00.